The van der Waals surface area contributed by atoms with E-state index in [0.717, 1.165) is 5.69 Å². The maximum atomic E-state index is 13.6. The predicted molar refractivity (Wildman–Crippen MR) is 61.3 cm³/mol. The van der Waals surface area contributed by atoms with E-state index in [2.05, 4.69) is 4.98 Å². The van der Waals surface area contributed by atoms with Crippen molar-refractivity contribution < 1.29 is 4.39 Å². The Hall–Kier alpha value is -1.68. The van der Waals surface area contributed by atoms with Crippen molar-refractivity contribution in [1.82, 2.24) is 9.55 Å². The SMILES string of the molecule is CC(N)Cn1cncc1-c1ccccc1F. The van der Waals surface area contributed by atoms with Crippen LogP contribution in [0, 0.1) is 5.82 Å². The Morgan fingerprint density at radius 3 is 2.88 bits per heavy atom. The van der Waals surface area contributed by atoms with E-state index in [1.807, 2.05) is 17.6 Å². The molecule has 0 saturated heterocycles. The van der Waals surface area contributed by atoms with Crippen molar-refractivity contribution in [1.29, 1.82) is 0 Å². The first-order valence-electron chi connectivity index (χ1n) is 5.19. The molecule has 84 valence electrons. The highest BCUT2D eigenvalue weighted by Crippen LogP contribution is 2.22. The largest absolute Gasteiger partial charge is 0.329 e. The Labute approximate surface area is 93.7 Å². The fourth-order valence-electron chi connectivity index (χ4n) is 1.67. The van der Waals surface area contributed by atoms with Crippen LogP contribution < -0.4 is 5.73 Å². The number of hydrogen-bond acceptors (Lipinski definition) is 2. The Morgan fingerprint density at radius 2 is 2.19 bits per heavy atom. The quantitative estimate of drug-likeness (QED) is 0.858. The summed E-state index contributed by atoms with van der Waals surface area (Å²) in [6, 6.07) is 6.68. The van der Waals surface area contributed by atoms with Gasteiger partial charge >= 0.3 is 0 Å². The molecule has 0 radical (unpaired) electrons. The minimum Gasteiger partial charge on any atom is -0.329 e. The highest BCUT2D eigenvalue weighted by molar-refractivity contribution is 5.59. The first-order chi connectivity index (χ1) is 7.68. The zero-order valence-corrected chi connectivity index (χ0v) is 9.10. The number of halogens is 1. The molecular formula is C12H14FN3. The van der Waals surface area contributed by atoms with Crippen molar-refractivity contribution in [2.24, 2.45) is 5.73 Å². The van der Waals surface area contributed by atoms with Gasteiger partial charge in [0.15, 0.2) is 0 Å². The van der Waals surface area contributed by atoms with E-state index in [1.54, 1.807) is 24.7 Å². The molecule has 0 fully saturated rings. The lowest BCUT2D eigenvalue weighted by Crippen LogP contribution is -2.22. The van der Waals surface area contributed by atoms with Crippen LogP contribution in [0.3, 0.4) is 0 Å². The molecule has 1 heterocycles. The number of nitrogens with zero attached hydrogens (tertiary/aromatic N) is 2. The molecular weight excluding hydrogens is 205 g/mol. The Balaban J connectivity index is 2.41. The minimum absolute atomic E-state index is 0.0136. The van der Waals surface area contributed by atoms with E-state index in [9.17, 15) is 4.39 Å². The number of nitrogens with two attached hydrogens (primary N) is 1. The molecule has 1 unspecified atom stereocenters. The van der Waals surface area contributed by atoms with E-state index in [-0.39, 0.29) is 11.9 Å². The lowest BCUT2D eigenvalue weighted by molar-refractivity contribution is 0.588. The van der Waals surface area contributed by atoms with Crippen LogP contribution in [0.1, 0.15) is 6.92 Å². The van der Waals surface area contributed by atoms with Gasteiger partial charge in [-0.2, -0.15) is 0 Å². The second-order valence-electron chi connectivity index (χ2n) is 3.89. The predicted octanol–water partition coefficient (Wildman–Crippen LogP) is 2.04. The lowest BCUT2D eigenvalue weighted by atomic mass is 10.1. The number of benzene rings is 1. The molecule has 0 spiro atoms. The maximum absolute atomic E-state index is 13.6. The number of hydrogen-bond donors (Lipinski definition) is 1. The first kappa shape index (κ1) is 10.8. The van der Waals surface area contributed by atoms with E-state index < -0.39 is 0 Å². The third-order valence-corrected chi connectivity index (χ3v) is 2.35. The van der Waals surface area contributed by atoms with Gasteiger partial charge in [-0.1, -0.05) is 12.1 Å². The van der Waals surface area contributed by atoms with Crippen LogP contribution in [0.4, 0.5) is 4.39 Å². The summed E-state index contributed by atoms with van der Waals surface area (Å²) in [4.78, 5) is 4.03. The molecule has 0 amide bonds. The summed E-state index contributed by atoms with van der Waals surface area (Å²) in [5.41, 5.74) is 7.04. The van der Waals surface area contributed by atoms with Crippen molar-refractivity contribution in [3.63, 3.8) is 0 Å². The molecule has 2 N–H and O–H groups in total. The monoisotopic (exact) mass is 219 g/mol. The molecule has 16 heavy (non-hydrogen) atoms. The summed E-state index contributed by atoms with van der Waals surface area (Å²) in [7, 11) is 0. The summed E-state index contributed by atoms with van der Waals surface area (Å²) in [6.45, 7) is 2.54. The Bertz CT molecular complexity index is 477. The van der Waals surface area contributed by atoms with Gasteiger partial charge in [0.1, 0.15) is 5.82 Å². The molecule has 2 aromatic rings. The second-order valence-corrected chi connectivity index (χ2v) is 3.89. The zero-order valence-electron chi connectivity index (χ0n) is 9.10. The van der Waals surface area contributed by atoms with Gasteiger partial charge < -0.3 is 10.3 Å². The van der Waals surface area contributed by atoms with Gasteiger partial charge in [-0.15, -0.1) is 0 Å². The maximum Gasteiger partial charge on any atom is 0.132 e. The van der Waals surface area contributed by atoms with E-state index in [0.29, 0.717) is 12.1 Å². The molecule has 3 nitrogen and oxygen atoms in total. The fourth-order valence-corrected chi connectivity index (χ4v) is 1.67. The molecule has 1 aromatic heterocycles. The van der Waals surface area contributed by atoms with Crippen LogP contribution in [0.25, 0.3) is 11.3 Å². The van der Waals surface area contributed by atoms with E-state index in [4.69, 9.17) is 5.73 Å². The molecule has 0 saturated carbocycles. The number of imidazole rings is 1. The molecule has 0 aliphatic rings. The van der Waals surface area contributed by atoms with Crippen LogP contribution in [0.2, 0.25) is 0 Å². The van der Waals surface area contributed by atoms with Crippen molar-refractivity contribution in [3.05, 3.63) is 42.6 Å². The van der Waals surface area contributed by atoms with Crippen LogP contribution >= 0.6 is 0 Å². The van der Waals surface area contributed by atoms with Crippen molar-refractivity contribution in [2.75, 3.05) is 0 Å². The minimum atomic E-state index is -0.242. The smallest absolute Gasteiger partial charge is 0.132 e. The van der Waals surface area contributed by atoms with Crippen LogP contribution in [-0.4, -0.2) is 15.6 Å². The van der Waals surface area contributed by atoms with Crippen LogP contribution in [-0.2, 0) is 6.54 Å². The van der Waals surface area contributed by atoms with E-state index >= 15 is 0 Å². The molecule has 0 bridgehead atoms. The summed E-state index contributed by atoms with van der Waals surface area (Å²) >= 11 is 0. The highest BCUT2D eigenvalue weighted by atomic mass is 19.1. The van der Waals surface area contributed by atoms with Gasteiger partial charge in [-0.25, -0.2) is 9.37 Å². The Kier molecular flexibility index (Phi) is 3.01. The van der Waals surface area contributed by atoms with Gasteiger partial charge in [0.2, 0.25) is 0 Å². The molecule has 0 aliphatic heterocycles. The first-order valence-corrected chi connectivity index (χ1v) is 5.19. The van der Waals surface area contributed by atoms with Gasteiger partial charge in [0, 0.05) is 18.2 Å². The normalized spacial score (nSPS) is 12.7. The summed E-state index contributed by atoms with van der Waals surface area (Å²) in [6.07, 6.45) is 3.33. The van der Waals surface area contributed by atoms with Crippen LogP contribution in [0.15, 0.2) is 36.8 Å². The fraction of sp³-hybridized carbons (Fsp3) is 0.250. The molecule has 4 heteroatoms. The van der Waals surface area contributed by atoms with Crippen molar-refractivity contribution >= 4 is 0 Å². The standard InChI is InChI=1S/C12H14FN3/c1-9(14)7-16-8-15-6-12(16)10-4-2-3-5-11(10)13/h2-6,8-9H,7,14H2,1H3. The van der Waals surface area contributed by atoms with Gasteiger partial charge in [0.25, 0.3) is 0 Å². The third-order valence-electron chi connectivity index (χ3n) is 2.35. The highest BCUT2D eigenvalue weighted by Gasteiger charge is 2.10. The Morgan fingerprint density at radius 1 is 1.44 bits per heavy atom. The van der Waals surface area contributed by atoms with Gasteiger partial charge in [-0.3, -0.25) is 0 Å². The number of aromatic nitrogens is 2. The van der Waals surface area contributed by atoms with Gasteiger partial charge in [0.05, 0.1) is 18.2 Å². The third kappa shape index (κ3) is 2.12. The second kappa shape index (κ2) is 4.45. The molecule has 1 atom stereocenters. The lowest BCUT2D eigenvalue weighted by Gasteiger charge is -2.11. The van der Waals surface area contributed by atoms with Crippen molar-refractivity contribution in [2.45, 2.75) is 19.5 Å². The summed E-state index contributed by atoms with van der Waals surface area (Å²) < 4.78 is 15.5. The number of rotatable bonds is 3. The summed E-state index contributed by atoms with van der Waals surface area (Å²) in [5.74, 6) is -0.242. The zero-order chi connectivity index (χ0) is 11.5. The summed E-state index contributed by atoms with van der Waals surface area (Å²) in [5, 5.41) is 0. The van der Waals surface area contributed by atoms with Crippen molar-refractivity contribution in [3.8, 4) is 11.3 Å². The molecule has 0 aliphatic carbocycles. The molecule has 1 aromatic carbocycles. The van der Waals surface area contributed by atoms with Crippen LogP contribution in [0.5, 0.6) is 0 Å². The average molecular weight is 219 g/mol. The van der Waals surface area contributed by atoms with E-state index in [1.165, 1.54) is 6.07 Å². The van der Waals surface area contributed by atoms with Gasteiger partial charge in [-0.05, 0) is 19.1 Å². The molecule has 2 rings (SSSR count). The average Bonchev–Trinajstić information content (AvgIpc) is 2.66. The topological polar surface area (TPSA) is 43.8 Å².